The Labute approximate surface area is 236 Å². The van der Waals surface area contributed by atoms with Gasteiger partial charge in [-0.15, -0.1) is 0 Å². The number of ketones is 1. The SMILES string of the molecule is CCC(NC1CCCCC1)c1cccc(OCC[C@]23CCC4C(CC=C5CC(=O)CC[C@@]54C)C2CC[C@@H]3O)c1. The number of aliphatic hydroxyl groups excluding tert-OH is 1. The number of ether oxygens (including phenoxy) is 1. The molecule has 6 rings (SSSR count). The highest BCUT2D eigenvalue weighted by molar-refractivity contribution is 5.82. The Morgan fingerprint density at radius 1 is 1.08 bits per heavy atom. The van der Waals surface area contributed by atoms with Crippen LogP contribution < -0.4 is 10.1 Å². The van der Waals surface area contributed by atoms with Gasteiger partial charge in [0.25, 0.3) is 0 Å². The number of carbonyl (C=O) groups excluding carboxylic acids is 1. The van der Waals surface area contributed by atoms with E-state index in [-0.39, 0.29) is 16.9 Å². The van der Waals surface area contributed by atoms with Gasteiger partial charge in [0.15, 0.2) is 0 Å². The number of rotatable bonds is 8. The molecule has 5 aliphatic carbocycles. The van der Waals surface area contributed by atoms with Crippen LogP contribution in [0.25, 0.3) is 0 Å². The molecule has 0 heterocycles. The van der Waals surface area contributed by atoms with Crippen LogP contribution in [0.1, 0.15) is 122 Å². The normalized spacial score (nSPS) is 37.4. The van der Waals surface area contributed by atoms with Crippen molar-refractivity contribution in [3.8, 4) is 5.75 Å². The van der Waals surface area contributed by atoms with Gasteiger partial charge in [0, 0.05) is 30.3 Å². The zero-order valence-corrected chi connectivity index (χ0v) is 24.4. The Bertz CT molecular complexity index is 1060. The molecule has 1 aromatic carbocycles. The van der Waals surface area contributed by atoms with E-state index in [4.69, 9.17) is 4.74 Å². The maximum atomic E-state index is 12.2. The van der Waals surface area contributed by atoms with Crippen LogP contribution in [0, 0.1) is 28.6 Å². The van der Waals surface area contributed by atoms with Gasteiger partial charge in [-0.2, -0.15) is 0 Å². The minimum absolute atomic E-state index is 0.0144. The molecule has 4 saturated carbocycles. The summed E-state index contributed by atoms with van der Waals surface area (Å²) in [6.45, 7) is 5.40. The maximum absolute atomic E-state index is 12.2. The second-order valence-electron chi connectivity index (χ2n) is 14.0. The van der Waals surface area contributed by atoms with E-state index < -0.39 is 0 Å². The Balaban J connectivity index is 1.12. The Morgan fingerprint density at radius 2 is 1.92 bits per heavy atom. The van der Waals surface area contributed by atoms with Crippen molar-refractivity contribution in [3.05, 3.63) is 41.5 Å². The monoisotopic (exact) mass is 533 g/mol. The van der Waals surface area contributed by atoms with E-state index in [2.05, 4.69) is 49.5 Å². The summed E-state index contributed by atoms with van der Waals surface area (Å²) >= 11 is 0. The van der Waals surface area contributed by atoms with Crippen LogP contribution in [0.15, 0.2) is 35.9 Å². The highest BCUT2D eigenvalue weighted by Gasteiger charge is 2.60. The summed E-state index contributed by atoms with van der Waals surface area (Å²) in [5, 5.41) is 15.3. The molecule has 4 nitrogen and oxygen atoms in total. The minimum atomic E-state index is -0.214. The fourth-order valence-corrected chi connectivity index (χ4v) is 9.92. The lowest BCUT2D eigenvalue weighted by molar-refractivity contribution is -0.123. The van der Waals surface area contributed by atoms with Gasteiger partial charge in [0.1, 0.15) is 11.5 Å². The second kappa shape index (κ2) is 11.3. The Hall–Kier alpha value is -1.65. The second-order valence-corrected chi connectivity index (χ2v) is 14.0. The molecule has 0 amide bonds. The van der Waals surface area contributed by atoms with Crippen LogP contribution in [0.3, 0.4) is 0 Å². The molecule has 0 radical (unpaired) electrons. The van der Waals surface area contributed by atoms with Gasteiger partial charge in [-0.3, -0.25) is 4.79 Å². The van der Waals surface area contributed by atoms with Crippen molar-refractivity contribution in [1.29, 1.82) is 0 Å². The molecule has 2 N–H and O–H groups in total. The quantitative estimate of drug-likeness (QED) is 0.336. The summed E-state index contributed by atoms with van der Waals surface area (Å²) in [6, 6.07) is 9.77. The molecule has 4 fully saturated rings. The van der Waals surface area contributed by atoms with Crippen molar-refractivity contribution in [1.82, 2.24) is 5.32 Å². The van der Waals surface area contributed by atoms with Crippen molar-refractivity contribution < 1.29 is 14.6 Å². The number of aliphatic hydroxyl groups is 1. The minimum Gasteiger partial charge on any atom is -0.494 e. The van der Waals surface area contributed by atoms with Crippen LogP contribution in [-0.4, -0.2) is 29.6 Å². The molecule has 5 aliphatic rings. The lowest BCUT2D eigenvalue weighted by Crippen LogP contribution is -2.52. The van der Waals surface area contributed by atoms with Gasteiger partial charge in [0.05, 0.1) is 12.7 Å². The highest BCUT2D eigenvalue weighted by atomic mass is 16.5. The van der Waals surface area contributed by atoms with E-state index in [1.165, 1.54) is 49.7 Å². The first-order valence-corrected chi connectivity index (χ1v) is 16.3. The first-order chi connectivity index (χ1) is 18.9. The molecule has 0 spiro atoms. The number of Topliss-reactive ketones (excluding diaryl/α,β-unsaturated/α-hetero) is 1. The molecule has 0 saturated heterocycles. The number of allylic oxidation sites excluding steroid dienone is 2. The van der Waals surface area contributed by atoms with Crippen molar-refractivity contribution in [2.75, 3.05) is 6.61 Å². The zero-order valence-electron chi connectivity index (χ0n) is 24.4. The van der Waals surface area contributed by atoms with E-state index in [0.29, 0.717) is 48.6 Å². The molecule has 7 atom stereocenters. The van der Waals surface area contributed by atoms with Gasteiger partial charge in [-0.1, -0.05) is 56.9 Å². The van der Waals surface area contributed by atoms with Crippen molar-refractivity contribution >= 4 is 5.78 Å². The number of nitrogens with one attached hydrogen (secondary N) is 1. The molecule has 214 valence electrons. The average Bonchev–Trinajstić information content (AvgIpc) is 3.29. The molecule has 0 aromatic heterocycles. The molecule has 4 heteroatoms. The fraction of sp³-hybridized carbons (Fsp3) is 0.743. The lowest BCUT2D eigenvalue weighted by Gasteiger charge is -2.57. The molecule has 1 aromatic rings. The largest absolute Gasteiger partial charge is 0.494 e. The predicted molar refractivity (Wildman–Crippen MR) is 157 cm³/mol. The number of benzene rings is 1. The summed E-state index contributed by atoms with van der Waals surface area (Å²) in [7, 11) is 0. The zero-order chi connectivity index (χ0) is 27.0. The fourth-order valence-electron chi connectivity index (χ4n) is 9.92. The van der Waals surface area contributed by atoms with E-state index in [1.54, 1.807) is 0 Å². The number of hydrogen-bond acceptors (Lipinski definition) is 4. The Morgan fingerprint density at radius 3 is 2.74 bits per heavy atom. The number of carbonyl (C=O) groups is 1. The first kappa shape index (κ1) is 27.5. The standard InChI is InChI=1S/C35H51NO3/c1-3-32(36-26-9-5-4-6-10-26)24-8-7-11-28(22-24)39-21-20-35-19-17-30-29(31(35)14-15-33(35)38)13-12-25-23-27(37)16-18-34(25,30)2/h7-8,11-12,22,26,29-33,36,38H,3-6,9-10,13-21,23H2,1-2H3/t29?,30?,31?,32?,33-,34-,35+/m0/s1. The van der Waals surface area contributed by atoms with E-state index >= 15 is 0 Å². The van der Waals surface area contributed by atoms with Crippen LogP contribution in [0.2, 0.25) is 0 Å². The summed E-state index contributed by atoms with van der Waals surface area (Å²) in [4.78, 5) is 12.2. The van der Waals surface area contributed by atoms with Gasteiger partial charge in [-0.25, -0.2) is 0 Å². The molecule has 0 aliphatic heterocycles. The van der Waals surface area contributed by atoms with E-state index in [0.717, 1.165) is 57.1 Å². The van der Waals surface area contributed by atoms with Crippen LogP contribution in [0.5, 0.6) is 5.75 Å². The third kappa shape index (κ3) is 5.14. The highest BCUT2D eigenvalue weighted by Crippen LogP contribution is 2.65. The molecular weight excluding hydrogens is 482 g/mol. The molecule has 4 unspecified atom stereocenters. The summed E-state index contributed by atoms with van der Waals surface area (Å²) in [5.74, 6) is 3.26. The summed E-state index contributed by atoms with van der Waals surface area (Å²) in [5.41, 5.74) is 2.94. The maximum Gasteiger partial charge on any atom is 0.136 e. The van der Waals surface area contributed by atoms with E-state index in [1.807, 2.05) is 0 Å². The van der Waals surface area contributed by atoms with Crippen molar-refractivity contribution in [2.24, 2.45) is 28.6 Å². The summed E-state index contributed by atoms with van der Waals surface area (Å²) in [6.07, 6.45) is 18.8. The third-order valence-corrected chi connectivity index (χ3v) is 12.2. The lowest BCUT2D eigenvalue weighted by atomic mass is 9.47. The number of hydrogen-bond donors (Lipinski definition) is 2. The van der Waals surface area contributed by atoms with Crippen molar-refractivity contribution in [2.45, 2.75) is 128 Å². The van der Waals surface area contributed by atoms with E-state index in [9.17, 15) is 9.90 Å². The van der Waals surface area contributed by atoms with Crippen LogP contribution >= 0.6 is 0 Å². The smallest absolute Gasteiger partial charge is 0.136 e. The number of fused-ring (bicyclic) bond motifs is 5. The average molecular weight is 534 g/mol. The van der Waals surface area contributed by atoms with Crippen molar-refractivity contribution in [3.63, 3.8) is 0 Å². The van der Waals surface area contributed by atoms with Gasteiger partial charge in [-0.05, 0) is 105 Å². The van der Waals surface area contributed by atoms with Gasteiger partial charge in [0.2, 0.25) is 0 Å². The van der Waals surface area contributed by atoms with Crippen LogP contribution in [-0.2, 0) is 4.79 Å². The molecular formula is C35H51NO3. The topological polar surface area (TPSA) is 58.6 Å². The molecule has 39 heavy (non-hydrogen) atoms. The first-order valence-electron chi connectivity index (χ1n) is 16.3. The van der Waals surface area contributed by atoms with Crippen LogP contribution in [0.4, 0.5) is 0 Å². The third-order valence-electron chi connectivity index (χ3n) is 12.2. The van der Waals surface area contributed by atoms with Gasteiger partial charge < -0.3 is 15.2 Å². The predicted octanol–water partition coefficient (Wildman–Crippen LogP) is 7.70. The summed E-state index contributed by atoms with van der Waals surface area (Å²) < 4.78 is 6.45. The Kier molecular flexibility index (Phi) is 7.99. The van der Waals surface area contributed by atoms with Gasteiger partial charge >= 0.3 is 0 Å². The molecule has 0 bridgehead atoms.